The number of rotatable bonds is 15. The molecule has 0 amide bonds. The Balaban J connectivity index is 1.68. The van der Waals surface area contributed by atoms with Crippen LogP contribution in [0.1, 0.15) is 76.7 Å². The second-order valence-electron chi connectivity index (χ2n) is 8.67. The summed E-state index contributed by atoms with van der Waals surface area (Å²) in [4.78, 5) is 24.2. The number of hydrogen-bond donors (Lipinski definition) is 1. The molecule has 0 heterocycles. The lowest BCUT2D eigenvalue weighted by Gasteiger charge is -2.16. The molecular weight excluding hydrogens is 435 g/mol. The van der Waals surface area contributed by atoms with Gasteiger partial charge in [-0.05, 0) is 30.5 Å². The number of hydrogen-bond acceptors (Lipinski definition) is 5. The van der Waals surface area contributed by atoms with E-state index in [0.717, 1.165) is 24.8 Å². The Morgan fingerprint density at radius 1 is 0.912 bits per heavy atom. The molecule has 1 N–H and O–H groups in total. The van der Waals surface area contributed by atoms with Crippen LogP contribution in [-0.4, -0.2) is 36.4 Å². The summed E-state index contributed by atoms with van der Waals surface area (Å²) in [6.07, 6.45) is 6.98. The van der Waals surface area contributed by atoms with Crippen LogP contribution in [-0.2, 0) is 19.1 Å². The molecule has 0 aliphatic carbocycles. The highest BCUT2D eigenvalue weighted by Gasteiger charge is 2.20. The van der Waals surface area contributed by atoms with Gasteiger partial charge in [0.1, 0.15) is 25.1 Å². The zero-order valence-electron chi connectivity index (χ0n) is 20.3. The standard InChI is InChI=1S/C28H37FO5/c1-3-4-5-6-7-8-12-15-27(31)33-19-24(30)20-34-28(32)21(2)23-16-17-25(26(29)18-23)22-13-10-9-11-14-22/h9-11,13-14,16-18,21,24,30H,3-8,12,15,19-20H2,1-2H3/t21?,24-/m0/s1. The van der Waals surface area contributed by atoms with Crippen molar-refractivity contribution >= 4 is 11.9 Å². The Hall–Kier alpha value is -2.73. The summed E-state index contributed by atoms with van der Waals surface area (Å²) in [5.74, 6) is -2.07. The molecule has 2 aromatic rings. The van der Waals surface area contributed by atoms with E-state index in [2.05, 4.69) is 6.92 Å². The van der Waals surface area contributed by atoms with E-state index in [9.17, 15) is 19.1 Å². The fourth-order valence-electron chi connectivity index (χ4n) is 3.63. The molecule has 6 heteroatoms. The Morgan fingerprint density at radius 3 is 2.24 bits per heavy atom. The van der Waals surface area contributed by atoms with Crippen molar-refractivity contribution in [3.05, 3.63) is 59.9 Å². The van der Waals surface area contributed by atoms with Gasteiger partial charge in [0.2, 0.25) is 0 Å². The van der Waals surface area contributed by atoms with Gasteiger partial charge in [-0.3, -0.25) is 9.59 Å². The molecule has 0 saturated carbocycles. The second kappa shape index (κ2) is 15.2. The Labute approximate surface area is 202 Å². The molecule has 2 aromatic carbocycles. The van der Waals surface area contributed by atoms with Crippen LogP contribution in [0.15, 0.2) is 48.5 Å². The van der Waals surface area contributed by atoms with Crippen LogP contribution in [0.5, 0.6) is 0 Å². The third kappa shape index (κ3) is 9.64. The first-order valence-corrected chi connectivity index (χ1v) is 12.3. The number of aliphatic hydroxyl groups excluding tert-OH is 1. The molecule has 0 fully saturated rings. The van der Waals surface area contributed by atoms with Gasteiger partial charge in [-0.15, -0.1) is 0 Å². The number of aliphatic hydroxyl groups is 1. The highest BCUT2D eigenvalue weighted by atomic mass is 19.1. The molecule has 0 aliphatic heterocycles. The molecule has 1 unspecified atom stereocenters. The highest BCUT2D eigenvalue weighted by Crippen LogP contribution is 2.26. The molecule has 0 bridgehead atoms. The van der Waals surface area contributed by atoms with Crippen LogP contribution < -0.4 is 0 Å². The van der Waals surface area contributed by atoms with E-state index in [1.165, 1.54) is 31.7 Å². The van der Waals surface area contributed by atoms with E-state index in [-0.39, 0.29) is 19.2 Å². The molecular formula is C28H37FO5. The molecule has 34 heavy (non-hydrogen) atoms. The molecule has 5 nitrogen and oxygen atoms in total. The van der Waals surface area contributed by atoms with Crippen LogP contribution in [0.4, 0.5) is 4.39 Å². The van der Waals surface area contributed by atoms with Crippen LogP contribution in [0.25, 0.3) is 11.1 Å². The minimum Gasteiger partial charge on any atom is -0.463 e. The van der Waals surface area contributed by atoms with E-state index < -0.39 is 23.8 Å². The Kier molecular flexibility index (Phi) is 12.3. The van der Waals surface area contributed by atoms with E-state index in [1.807, 2.05) is 30.3 Å². The van der Waals surface area contributed by atoms with E-state index >= 15 is 0 Å². The highest BCUT2D eigenvalue weighted by molar-refractivity contribution is 5.78. The minimum atomic E-state index is -1.11. The van der Waals surface area contributed by atoms with Gasteiger partial charge in [0.05, 0.1) is 5.92 Å². The largest absolute Gasteiger partial charge is 0.463 e. The summed E-state index contributed by atoms with van der Waals surface area (Å²) in [5, 5.41) is 9.98. The summed E-state index contributed by atoms with van der Waals surface area (Å²) in [7, 11) is 0. The molecule has 2 atom stereocenters. The SMILES string of the molecule is CCCCCCCCCC(=O)OC[C@H](O)COC(=O)C(C)c1ccc(-c2ccccc2)c(F)c1. The summed E-state index contributed by atoms with van der Waals surface area (Å²) in [5.41, 5.74) is 1.70. The summed E-state index contributed by atoms with van der Waals surface area (Å²) in [6.45, 7) is 3.28. The van der Waals surface area contributed by atoms with Crippen LogP contribution in [0, 0.1) is 5.82 Å². The zero-order chi connectivity index (χ0) is 24.8. The van der Waals surface area contributed by atoms with Gasteiger partial charge < -0.3 is 14.6 Å². The number of carbonyl (C=O) groups excluding carboxylic acids is 2. The first kappa shape index (κ1) is 27.5. The number of halogens is 1. The normalized spacial score (nSPS) is 12.7. The summed E-state index contributed by atoms with van der Waals surface area (Å²) >= 11 is 0. The quantitative estimate of drug-likeness (QED) is 0.247. The second-order valence-corrected chi connectivity index (χ2v) is 8.67. The minimum absolute atomic E-state index is 0.225. The average molecular weight is 473 g/mol. The molecule has 0 spiro atoms. The molecule has 0 saturated heterocycles. The predicted molar refractivity (Wildman–Crippen MR) is 131 cm³/mol. The number of ether oxygens (including phenoxy) is 2. The topological polar surface area (TPSA) is 72.8 Å². The van der Waals surface area contributed by atoms with Gasteiger partial charge in [0, 0.05) is 12.0 Å². The van der Waals surface area contributed by atoms with Crippen molar-refractivity contribution in [3.8, 4) is 11.1 Å². The van der Waals surface area contributed by atoms with Crippen molar-refractivity contribution in [1.82, 2.24) is 0 Å². The number of unbranched alkanes of at least 4 members (excludes halogenated alkanes) is 6. The maximum atomic E-state index is 14.6. The van der Waals surface area contributed by atoms with Crippen LogP contribution in [0.3, 0.4) is 0 Å². The predicted octanol–water partition coefficient (Wildman–Crippen LogP) is 6.18. The fraction of sp³-hybridized carbons (Fsp3) is 0.500. The number of carbonyl (C=O) groups is 2. The van der Waals surface area contributed by atoms with Crippen molar-refractivity contribution in [2.75, 3.05) is 13.2 Å². The first-order chi connectivity index (χ1) is 16.4. The third-order valence-electron chi connectivity index (χ3n) is 5.77. The molecule has 2 rings (SSSR count). The third-order valence-corrected chi connectivity index (χ3v) is 5.77. The van der Waals surface area contributed by atoms with Gasteiger partial charge in [0.15, 0.2) is 0 Å². The lowest BCUT2D eigenvalue weighted by molar-refractivity contribution is -0.153. The number of benzene rings is 2. The number of esters is 2. The Bertz CT molecular complexity index is 884. The molecule has 0 aliphatic rings. The molecule has 186 valence electrons. The smallest absolute Gasteiger partial charge is 0.313 e. The monoisotopic (exact) mass is 472 g/mol. The van der Waals surface area contributed by atoms with Crippen molar-refractivity contribution in [1.29, 1.82) is 0 Å². The maximum Gasteiger partial charge on any atom is 0.313 e. The first-order valence-electron chi connectivity index (χ1n) is 12.3. The summed E-state index contributed by atoms with van der Waals surface area (Å²) < 4.78 is 24.8. The van der Waals surface area contributed by atoms with Gasteiger partial charge >= 0.3 is 11.9 Å². The van der Waals surface area contributed by atoms with Gasteiger partial charge in [-0.2, -0.15) is 0 Å². The van der Waals surface area contributed by atoms with E-state index in [0.29, 0.717) is 17.5 Å². The maximum absolute atomic E-state index is 14.6. The van der Waals surface area contributed by atoms with Gasteiger partial charge in [0.25, 0.3) is 0 Å². The lowest BCUT2D eigenvalue weighted by Crippen LogP contribution is -2.26. The van der Waals surface area contributed by atoms with E-state index in [1.54, 1.807) is 19.1 Å². The van der Waals surface area contributed by atoms with Crippen molar-refractivity contribution in [2.24, 2.45) is 0 Å². The van der Waals surface area contributed by atoms with Crippen molar-refractivity contribution in [3.63, 3.8) is 0 Å². The van der Waals surface area contributed by atoms with Gasteiger partial charge in [-0.25, -0.2) is 4.39 Å². The fourth-order valence-corrected chi connectivity index (χ4v) is 3.63. The summed E-state index contributed by atoms with van der Waals surface area (Å²) in [6, 6.07) is 13.8. The average Bonchev–Trinajstić information content (AvgIpc) is 2.85. The molecule has 0 radical (unpaired) electrons. The lowest BCUT2D eigenvalue weighted by atomic mass is 9.97. The Morgan fingerprint density at radius 2 is 1.56 bits per heavy atom. The van der Waals surface area contributed by atoms with Crippen LogP contribution in [0.2, 0.25) is 0 Å². The van der Waals surface area contributed by atoms with Crippen molar-refractivity contribution in [2.45, 2.75) is 77.2 Å². The van der Waals surface area contributed by atoms with Gasteiger partial charge in [-0.1, -0.05) is 87.9 Å². The molecule has 0 aromatic heterocycles. The van der Waals surface area contributed by atoms with Crippen molar-refractivity contribution < 1.29 is 28.6 Å². The zero-order valence-corrected chi connectivity index (χ0v) is 20.3. The van der Waals surface area contributed by atoms with E-state index in [4.69, 9.17) is 9.47 Å². The van der Waals surface area contributed by atoms with Crippen LogP contribution >= 0.6 is 0 Å².